The maximum atomic E-state index is 6.57. The van der Waals surface area contributed by atoms with Gasteiger partial charge in [-0.05, 0) is 28.0 Å². The molecule has 1 aliphatic rings. The van der Waals surface area contributed by atoms with Crippen molar-refractivity contribution in [2.75, 3.05) is 32.8 Å². The summed E-state index contributed by atoms with van der Waals surface area (Å²) in [5.74, 6) is 0. The second kappa shape index (κ2) is 9.03. The molecule has 4 rings (SSSR count). The lowest BCUT2D eigenvalue weighted by Crippen LogP contribution is -2.44. The van der Waals surface area contributed by atoms with E-state index in [0.29, 0.717) is 6.54 Å². The molecular formula is C23H26ClN3O. The van der Waals surface area contributed by atoms with Crippen molar-refractivity contribution in [1.29, 1.82) is 0 Å². The van der Waals surface area contributed by atoms with Gasteiger partial charge in [0, 0.05) is 30.7 Å². The van der Waals surface area contributed by atoms with Crippen LogP contribution in [-0.2, 0) is 4.74 Å². The number of hydrogen-bond donors (Lipinski definition) is 2. The summed E-state index contributed by atoms with van der Waals surface area (Å²) in [6.45, 7) is 3.99. The molecule has 1 fully saturated rings. The van der Waals surface area contributed by atoms with Crippen molar-refractivity contribution in [2.24, 2.45) is 5.73 Å². The minimum absolute atomic E-state index is 0.152. The quantitative estimate of drug-likeness (QED) is 0.616. The lowest BCUT2D eigenvalue weighted by molar-refractivity contribution is 0.0157. The molecule has 3 aromatic rings. The van der Waals surface area contributed by atoms with Crippen LogP contribution in [-0.4, -0.2) is 37.7 Å². The third-order valence-electron chi connectivity index (χ3n) is 5.44. The maximum absolute atomic E-state index is 6.57. The first-order valence-corrected chi connectivity index (χ1v) is 10.1. The maximum Gasteiger partial charge on any atom is 0.0816 e. The molecule has 3 aromatic carbocycles. The third kappa shape index (κ3) is 4.22. The lowest BCUT2D eigenvalue weighted by Gasteiger charge is -2.36. The smallest absolute Gasteiger partial charge is 0.0816 e. The van der Waals surface area contributed by atoms with Crippen LogP contribution in [0, 0.1) is 0 Å². The standard InChI is InChI=1S/C23H26ClN3O/c24-21-11-4-3-9-20(21)22(27-12-14-28-15-13-27)16-26-23(25)19-10-5-7-17-6-1-2-8-18(17)19/h1-11,22-23,26H,12-16,25H2. The molecule has 5 heteroatoms. The predicted molar refractivity (Wildman–Crippen MR) is 115 cm³/mol. The fourth-order valence-electron chi connectivity index (χ4n) is 3.94. The molecule has 0 spiro atoms. The first-order chi connectivity index (χ1) is 13.7. The number of morpholine rings is 1. The normalized spacial score (nSPS) is 17.5. The Morgan fingerprint density at radius 2 is 1.61 bits per heavy atom. The predicted octanol–water partition coefficient (Wildman–Crippen LogP) is 4.11. The zero-order valence-corrected chi connectivity index (χ0v) is 16.6. The Bertz CT molecular complexity index is 921. The van der Waals surface area contributed by atoms with Gasteiger partial charge in [-0.3, -0.25) is 10.2 Å². The van der Waals surface area contributed by atoms with Crippen molar-refractivity contribution in [3.63, 3.8) is 0 Å². The van der Waals surface area contributed by atoms with E-state index in [1.807, 2.05) is 18.2 Å². The number of nitrogens with one attached hydrogen (secondary N) is 1. The number of ether oxygens (including phenoxy) is 1. The highest BCUT2D eigenvalue weighted by molar-refractivity contribution is 6.31. The summed E-state index contributed by atoms with van der Waals surface area (Å²) >= 11 is 6.53. The third-order valence-corrected chi connectivity index (χ3v) is 5.78. The van der Waals surface area contributed by atoms with E-state index in [9.17, 15) is 0 Å². The van der Waals surface area contributed by atoms with Crippen molar-refractivity contribution in [3.05, 3.63) is 82.9 Å². The molecular weight excluding hydrogens is 370 g/mol. The van der Waals surface area contributed by atoms with E-state index in [2.05, 4.69) is 58.7 Å². The highest BCUT2D eigenvalue weighted by Crippen LogP contribution is 2.29. The number of hydrogen-bond acceptors (Lipinski definition) is 4. The Morgan fingerprint density at radius 3 is 2.43 bits per heavy atom. The molecule has 28 heavy (non-hydrogen) atoms. The van der Waals surface area contributed by atoms with Gasteiger partial charge < -0.3 is 10.5 Å². The molecule has 0 radical (unpaired) electrons. The Labute approximate surface area is 171 Å². The summed E-state index contributed by atoms with van der Waals surface area (Å²) in [7, 11) is 0. The van der Waals surface area contributed by atoms with Gasteiger partial charge >= 0.3 is 0 Å². The van der Waals surface area contributed by atoms with Crippen LogP contribution >= 0.6 is 11.6 Å². The molecule has 0 saturated carbocycles. The summed E-state index contributed by atoms with van der Waals surface area (Å²) in [6.07, 6.45) is -0.253. The zero-order valence-electron chi connectivity index (χ0n) is 15.9. The van der Waals surface area contributed by atoms with Gasteiger partial charge in [0.1, 0.15) is 0 Å². The highest BCUT2D eigenvalue weighted by atomic mass is 35.5. The van der Waals surface area contributed by atoms with Crippen LogP contribution in [0.3, 0.4) is 0 Å². The van der Waals surface area contributed by atoms with E-state index in [-0.39, 0.29) is 12.2 Å². The molecule has 4 nitrogen and oxygen atoms in total. The summed E-state index contributed by atoms with van der Waals surface area (Å²) in [5, 5.41) is 6.73. The minimum Gasteiger partial charge on any atom is -0.379 e. The Kier molecular flexibility index (Phi) is 6.25. The molecule has 0 aliphatic carbocycles. The molecule has 2 atom stereocenters. The van der Waals surface area contributed by atoms with Gasteiger partial charge in [-0.2, -0.15) is 0 Å². The zero-order chi connectivity index (χ0) is 19.3. The van der Waals surface area contributed by atoms with Crippen molar-refractivity contribution < 1.29 is 4.74 Å². The van der Waals surface area contributed by atoms with Gasteiger partial charge in [0.25, 0.3) is 0 Å². The molecule has 3 N–H and O–H groups in total. The van der Waals surface area contributed by atoms with E-state index < -0.39 is 0 Å². The van der Waals surface area contributed by atoms with Crippen LogP contribution < -0.4 is 11.1 Å². The SMILES string of the molecule is NC(NCC(c1ccccc1Cl)N1CCOCC1)c1cccc2ccccc12. The van der Waals surface area contributed by atoms with E-state index in [1.54, 1.807) is 0 Å². The summed E-state index contributed by atoms with van der Waals surface area (Å²) in [4.78, 5) is 2.42. The average molecular weight is 396 g/mol. The first kappa shape index (κ1) is 19.4. The van der Waals surface area contributed by atoms with Crippen molar-refractivity contribution >= 4 is 22.4 Å². The van der Waals surface area contributed by atoms with Crippen LogP contribution in [0.2, 0.25) is 5.02 Å². The minimum atomic E-state index is -0.253. The summed E-state index contributed by atoms with van der Waals surface area (Å²) in [5.41, 5.74) is 8.81. The van der Waals surface area contributed by atoms with Crippen LogP contribution in [0.15, 0.2) is 66.7 Å². The van der Waals surface area contributed by atoms with Crippen molar-refractivity contribution in [2.45, 2.75) is 12.2 Å². The summed E-state index contributed by atoms with van der Waals surface area (Å²) in [6, 6.07) is 22.8. The molecule has 0 bridgehead atoms. The average Bonchev–Trinajstić information content (AvgIpc) is 2.75. The topological polar surface area (TPSA) is 50.5 Å². The lowest BCUT2D eigenvalue weighted by atomic mass is 10.0. The molecule has 0 amide bonds. The molecule has 146 valence electrons. The number of fused-ring (bicyclic) bond motifs is 1. The van der Waals surface area contributed by atoms with Crippen LogP contribution in [0.5, 0.6) is 0 Å². The second-order valence-corrected chi connectivity index (χ2v) is 7.55. The fourth-order valence-corrected chi connectivity index (χ4v) is 4.20. The van der Waals surface area contributed by atoms with Crippen molar-refractivity contribution in [1.82, 2.24) is 10.2 Å². The van der Waals surface area contributed by atoms with Gasteiger partial charge in [0.05, 0.1) is 19.4 Å². The number of rotatable bonds is 6. The van der Waals surface area contributed by atoms with Crippen LogP contribution in [0.1, 0.15) is 23.3 Å². The number of benzene rings is 3. The summed E-state index contributed by atoms with van der Waals surface area (Å²) < 4.78 is 5.54. The monoisotopic (exact) mass is 395 g/mol. The molecule has 1 aliphatic heterocycles. The fraction of sp³-hybridized carbons (Fsp3) is 0.304. The van der Waals surface area contributed by atoms with Crippen LogP contribution in [0.25, 0.3) is 10.8 Å². The van der Waals surface area contributed by atoms with Gasteiger partial charge in [0.15, 0.2) is 0 Å². The largest absolute Gasteiger partial charge is 0.379 e. The molecule has 0 aromatic heterocycles. The van der Waals surface area contributed by atoms with E-state index in [0.717, 1.165) is 42.5 Å². The van der Waals surface area contributed by atoms with Crippen molar-refractivity contribution in [3.8, 4) is 0 Å². The molecule has 1 saturated heterocycles. The van der Waals surface area contributed by atoms with Gasteiger partial charge in [-0.25, -0.2) is 0 Å². The van der Waals surface area contributed by atoms with E-state index in [4.69, 9.17) is 22.1 Å². The molecule has 2 unspecified atom stereocenters. The second-order valence-electron chi connectivity index (χ2n) is 7.14. The first-order valence-electron chi connectivity index (χ1n) is 9.77. The van der Waals surface area contributed by atoms with E-state index >= 15 is 0 Å². The van der Waals surface area contributed by atoms with Gasteiger partial charge in [-0.15, -0.1) is 0 Å². The van der Waals surface area contributed by atoms with Gasteiger partial charge in [0.2, 0.25) is 0 Å². The number of halogens is 1. The Hall–Kier alpha value is -1.95. The Morgan fingerprint density at radius 1 is 0.929 bits per heavy atom. The number of nitrogens with zero attached hydrogens (tertiary/aromatic N) is 1. The molecule has 1 heterocycles. The van der Waals surface area contributed by atoms with Crippen LogP contribution in [0.4, 0.5) is 0 Å². The Balaban J connectivity index is 1.56. The van der Waals surface area contributed by atoms with Gasteiger partial charge in [-0.1, -0.05) is 72.3 Å². The highest BCUT2D eigenvalue weighted by Gasteiger charge is 2.25. The number of nitrogens with two attached hydrogens (primary N) is 1. The van der Waals surface area contributed by atoms with E-state index in [1.165, 1.54) is 10.8 Å².